The summed E-state index contributed by atoms with van der Waals surface area (Å²) in [6, 6.07) is 4.51. The Morgan fingerprint density at radius 2 is 1.95 bits per heavy atom. The van der Waals surface area contributed by atoms with Gasteiger partial charge in [0.25, 0.3) is 0 Å². The number of anilines is 1. The van der Waals surface area contributed by atoms with E-state index in [-0.39, 0.29) is 11.5 Å². The molecule has 5 nitrogen and oxygen atoms in total. The molecule has 2 rings (SSSR count). The van der Waals surface area contributed by atoms with Crippen LogP contribution in [0.2, 0.25) is 0 Å². The third kappa shape index (κ3) is 4.28. The van der Waals surface area contributed by atoms with E-state index < -0.39 is 11.5 Å². The number of hydrogen-bond acceptors (Lipinski definition) is 3. The first-order valence-corrected chi connectivity index (χ1v) is 7.80. The number of benzene rings is 1. The van der Waals surface area contributed by atoms with Crippen LogP contribution in [0.1, 0.15) is 48.9 Å². The number of carbonyl (C=O) groups is 2. The summed E-state index contributed by atoms with van der Waals surface area (Å²) in [5.41, 5.74) is 6.59. The Hall–Kier alpha value is -1.40. The summed E-state index contributed by atoms with van der Waals surface area (Å²) in [5.74, 6) is -1.14. The minimum absolute atomic E-state index is 0.136. The predicted octanol–water partition coefficient (Wildman–Crippen LogP) is 3.14. The molecule has 6 heteroatoms. The maximum Gasteiger partial charge on any atom is 0.335 e. The number of carboxylic acids is 1. The Balaban J connectivity index is 2.01. The number of nitrogens with two attached hydrogens (primary N) is 1. The van der Waals surface area contributed by atoms with Crippen molar-refractivity contribution < 1.29 is 14.7 Å². The molecule has 1 amide bonds. The van der Waals surface area contributed by atoms with Crippen LogP contribution in [-0.4, -0.2) is 22.5 Å². The maximum atomic E-state index is 12.1. The van der Waals surface area contributed by atoms with E-state index in [1.165, 1.54) is 18.6 Å². The monoisotopic (exact) mass is 354 g/mol. The molecule has 0 radical (unpaired) electrons. The number of hydrogen-bond donors (Lipinski definition) is 3. The van der Waals surface area contributed by atoms with Gasteiger partial charge in [0.15, 0.2) is 0 Å². The van der Waals surface area contributed by atoms with Gasteiger partial charge in [-0.25, -0.2) is 4.79 Å². The number of amides is 1. The molecule has 1 aromatic carbocycles. The average molecular weight is 355 g/mol. The fourth-order valence-corrected chi connectivity index (χ4v) is 3.17. The first kappa shape index (κ1) is 16.0. The molecule has 21 heavy (non-hydrogen) atoms. The average Bonchev–Trinajstić information content (AvgIpc) is 2.41. The number of carbonyl (C=O) groups excluding carboxylic acids is 1. The third-order valence-corrected chi connectivity index (χ3v) is 4.51. The lowest BCUT2D eigenvalue weighted by Gasteiger charge is -2.32. The number of aromatic carboxylic acids is 1. The van der Waals surface area contributed by atoms with Crippen molar-refractivity contribution in [1.82, 2.24) is 0 Å². The number of carboxylic acid groups (broad SMARTS) is 1. The number of halogens is 1. The Kier molecular flexibility index (Phi) is 5.00. The third-order valence-electron chi connectivity index (χ3n) is 3.85. The fourth-order valence-electron chi connectivity index (χ4n) is 2.70. The van der Waals surface area contributed by atoms with Crippen LogP contribution < -0.4 is 11.1 Å². The second kappa shape index (κ2) is 6.58. The van der Waals surface area contributed by atoms with Crippen molar-refractivity contribution in [2.24, 2.45) is 5.73 Å². The van der Waals surface area contributed by atoms with Crippen LogP contribution in [0.15, 0.2) is 22.7 Å². The lowest BCUT2D eigenvalue weighted by Crippen LogP contribution is -2.44. The zero-order chi connectivity index (χ0) is 15.5. The van der Waals surface area contributed by atoms with E-state index in [0.29, 0.717) is 16.6 Å². The highest BCUT2D eigenvalue weighted by Gasteiger charge is 2.30. The van der Waals surface area contributed by atoms with Crippen molar-refractivity contribution in [2.75, 3.05) is 5.32 Å². The Morgan fingerprint density at radius 1 is 1.29 bits per heavy atom. The van der Waals surface area contributed by atoms with Gasteiger partial charge in [-0.2, -0.15) is 0 Å². The van der Waals surface area contributed by atoms with Crippen LogP contribution in [0.5, 0.6) is 0 Å². The summed E-state index contributed by atoms with van der Waals surface area (Å²) in [5, 5.41) is 11.7. The first-order chi connectivity index (χ1) is 9.89. The highest BCUT2D eigenvalue weighted by molar-refractivity contribution is 9.10. The topological polar surface area (TPSA) is 92.4 Å². The van der Waals surface area contributed by atoms with Gasteiger partial charge in [0, 0.05) is 16.4 Å². The largest absolute Gasteiger partial charge is 0.478 e. The summed E-state index contributed by atoms with van der Waals surface area (Å²) in [7, 11) is 0. The van der Waals surface area contributed by atoms with E-state index in [1.807, 2.05) is 0 Å². The van der Waals surface area contributed by atoms with Gasteiger partial charge in [0.05, 0.1) is 11.3 Å². The highest BCUT2D eigenvalue weighted by Crippen LogP contribution is 2.30. The molecule has 0 heterocycles. The molecule has 114 valence electrons. The molecule has 0 unspecified atom stereocenters. The van der Waals surface area contributed by atoms with Gasteiger partial charge in [0.2, 0.25) is 5.91 Å². The molecule has 0 saturated heterocycles. The van der Waals surface area contributed by atoms with Crippen molar-refractivity contribution in [3.05, 3.63) is 28.2 Å². The molecule has 0 spiro atoms. The summed E-state index contributed by atoms with van der Waals surface area (Å²) < 4.78 is 0.547. The molecule has 1 aliphatic rings. The number of nitrogens with one attached hydrogen (secondary N) is 1. The maximum absolute atomic E-state index is 12.1. The van der Waals surface area contributed by atoms with Crippen LogP contribution in [0, 0.1) is 0 Å². The Morgan fingerprint density at radius 3 is 2.52 bits per heavy atom. The summed E-state index contributed by atoms with van der Waals surface area (Å²) >= 11 is 3.27. The van der Waals surface area contributed by atoms with E-state index in [0.717, 1.165) is 25.7 Å². The molecule has 0 aromatic heterocycles. The number of rotatable bonds is 4. The van der Waals surface area contributed by atoms with Crippen LogP contribution in [0.25, 0.3) is 0 Å². The van der Waals surface area contributed by atoms with Gasteiger partial charge < -0.3 is 16.2 Å². The van der Waals surface area contributed by atoms with Gasteiger partial charge in [-0.3, -0.25) is 4.79 Å². The smallest absolute Gasteiger partial charge is 0.335 e. The Labute approximate surface area is 132 Å². The lowest BCUT2D eigenvalue weighted by atomic mass is 9.80. The van der Waals surface area contributed by atoms with E-state index in [2.05, 4.69) is 21.2 Å². The molecule has 1 saturated carbocycles. The minimum Gasteiger partial charge on any atom is -0.478 e. The van der Waals surface area contributed by atoms with Crippen molar-refractivity contribution in [1.29, 1.82) is 0 Å². The van der Waals surface area contributed by atoms with Gasteiger partial charge in [0.1, 0.15) is 0 Å². The lowest BCUT2D eigenvalue weighted by molar-refractivity contribution is -0.117. The van der Waals surface area contributed by atoms with E-state index in [4.69, 9.17) is 10.8 Å². The summed E-state index contributed by atoms with van der Waals surface area (Å²) in [6.45, 7) is 0. The SMILES string of the molecule is NC1(CC(=O)Nc2ccc(C(=O)O)cc2Br)CCCCC1. The molecule has 1 aromatic rings. The normalized spacial score (nSPS) is 17.2. The minimum atomic E-state index is -1.00. The van der Waals surface area contributed by atoms with E-state index in [1.54, 1.807) is 6.07 Å². The predicted molar refractivity (Wildman–Crippen MR) is 84.4 cm³/mol. The van der Waals surface area contributed by atoms with Crippen LogP contribution in [-0.2, 0) is 4.79 Å². The zero-order valence-electron chi connectivity index (χ0n) is 11.7. The molecule has 0 bridgehead atoms. The second-order valence-corrected chi connectivity index (χ2v) is 6.50. The molecule has 4 N–H and O–H groups in total. The van der Waals surface area contributed by atoms with Crippen LogP contribution in [0.4, 0.5) is 5.69 Å². The molecular formula is C15H19BrN2O3. The van der Waals surface area contributed by atoms with Crippen LogP contribution in [0.3, 0.4) is 0 Å². The van der Waals surface area contributed by atoms with Crippen molar-refractivity contribution in [3.8, 4) is 0 Å². The van der Waals surface area contributed by atoms with E-state index in [9.17, 15) is 9.59 Å². The quantitative estimate of drug-likeness (QED) is 0.774. The molecule has 1 aliphatic carbocycles. The van der Waals surface area contributed by atoms with Crippen molar-refractivity contribution in [2.45, 2.75) is 44.1 Å². The Bertz CT molecular complexity index is 554. The first-order valence-electron chi connectivity index (χ1n) is 7.01. The van der Waals surface area contributed by atoms with Gasteiger partial charge in [-0.15, -0.1) is 0 Å². The zero-order valence-corrected chi connectivity index (χ0v) is 13.3. The van der Waals surface area contributed by atoms with Gasteiger partial charge >= 0.3 is 5.97 Å². The second-order valence-electron chi connectivity index (χ2n) is 5.65. The highest BCUT2D eigenvalue weighted by atomic mass is 79.9. The van der Waals surface area contributed by atoms with Crippen LogP contribution >= 0.6 is 15.9 Å². The standard InChI is InChI=1S/C15H19BrN2O3/c16-11-8-10(14(20)21)4-5-12(11)18-13(19)9-15(17)6-2-1-3-7-15/h4-5,8H,1-3,6-7,9,17H2,(H,18,19)(H,20,21). The molecule has 1 fully saturated rings. The van der Waals surface area contributed by atoms with Crippen molar-refractivity contribution >= 4 is 33.5 Å². The molecule has 0 atom stereocenters. The molecule has 0 aliphatic heterocycles. The molecular weight excluding hydrogens is 336 g/mol. The van der Waals surface area contributed by atoms with Gasteiger partial charge in [-0.05, 0) is 47.0 Å². The fraction of sp³-hybridized carbons (Fsp3) is 0.467. The summed E-state index contributed by atoms with van der Waals surface area (Å²) in [4.78, 5) is 23.0. The van der Waals surface area contributed by atoms with Crippen molar-refractivity contribution in [3.63, 3.8) is 0 Å². The summed E-state index contributed by atoms with van der Waals surface area (Å²) in [6.07, 6.45) is 5.36. The van der Waals surface area contributed by atoms with Gasteiger partial charge in [-0.1, -0.05) is 19.3 Å². The van der Waals surface area contributed by atoms with E-state index >= 15 is 0 Å².